The summed E-state index contributed by atoms with van der Waals surface area (Å²) < 4.78 is 10.2. The van der Waals surface area contributed by atoms with Crippen molar-refractivity contribution in [2.75, 3.05) is 33.3 Å². The minimum Gasteiger partial charge on any atom is -0.469 e. The van der Waals surface area contributed by atoms with Crippen LogP contribution in [0.2, 0.25) is 0 Å². The normalized spacial score (nSPS) is 20.0. The van der Waals surface area contributed by atoms with Crippen molar-refractivity contribution in [1.82, 2.24) is 9.80 Å². The largest absolute Gasteiger partial charge is 0.469 e. The predicted octanol–water partition coefficient (Wildman–Crippen LogP) is 2.13. The van der Waals surface area contributed by atoms with Gasteiger partial charge < -0.3 is 14.4 Å². The summed E-state index contributed by atoms with van der Waals surface area (Å²) in [6.45, 7) is 12.4. The fourth-order valence-corrected chi connectivity index (χ4v) is 2.55. The van der Waals surface area contributed by atoms with E-state index in [-0.39, 0.29) is 24.0 Å². The summed E-state index contributed by atoms with van der Waals surface area (Å²) in [6, 6.07) is 0.0889. The minimum atomic E-state index is -0.476. The fraction of sp³-hybridized carbons (Fsp3) is 0.875. The fourth-order valence-electron chi connectivity index (χ4n) is 2.55. The van der Waals surface area contributed by atoms with Gasteiger partial charge in [-0.05, 0) is 34.1 Å². The molecule has 1 fully saturated rings. The molecule has 1 saturated heterocycles. The quantitative estimate of drug-likeness (QED) is 0.747. The Morgan fingerprint density at radius 3 is 2.23 bits per heavy atom. The standard InChI is InChI=1S/C16H30N2O4/c1-12(14(19)21-6)13(2)17-8-7-9-18(11-10-17)15(20)22-16(3,4)5/h12-13H,7-11H2,1-6H3. The Labute approximate surface area is 133 Å². The number of hydrogen-bond acceptors (Lipinski definition) is 5. The van der Waals surface area contributed by atoms with Crippen LogP contribution in [0.1, 0.15) is 41.0 Å². The van der Waals surface area contributed by atoms with E-state index >= 15 is 0 Å². The van der Waals surface area contributed by atoms with Gasteiger partial charge in [-0.2, -0.15) is 0 Å². The van der Waals surface area contributed by atoms with Crippen LogP contribution < -0.4 is 0 Å². The Morgan fingerprint density at radius 1 is 1.05 bits per heavy atom. The average Bonchev–Trinajstić information content (AvgIpc) is 2.68. The highest BCUT2D eigenvalue weighted by Crippen LogP contribution is 2.17. The van der Waals surface area contributed by atoms with Crippen LogP contribution in [0, 0.1) is 5.92 Å². The lowest BCUT2D eigenvalue weighted by molar-refractivity contribution is -0.147. The second-order valence-corrected chi connectivity index (χ2v) is 6.91. The molecular formula is C16H30N2O4. The summed E-state index contributed by atoms with van der Waals surface area (Å²) in [6.07, 6.45) is 0.611. The summed E-state index contributed by atoms with van der Waals surface area (Å²) >= 11 is 0. The lowest BCUT2D eigenvalue weighted by atomic mass is 10.0. The van der Waals surface area contributed by atoms with Gasteiger partial charge in [0.05, 0.1) is 13.0 Å². The Hall–Kier alpha value is -1.30. The van der Waals surface area contributed by atoms with Crippen molar-refractivity contribution >= 4 is 12.1 Å². The van der Waals surface area contributed by atoms with Crippen molar-refractivity contribution in [2.45, 2.75) is 52.7 Å². The Balaban J connectivity index is 2.58. The van der Waals surface area contributed by atoms with Crippen LogP contribution in [0.5, 0.6) is 0 Å². The molecular weight excluding hydrogens is 284 g/mol. The number of carbonyl (C=O) groups excluding carboxylic acids is 2. The smallest absolute Gasteiger partial charge is 0.410 e. The molecule has 1 amide bonds. The lowest BCUT2D eigenvalue weighted by Gasteiger charge is -2.31. The van der Waals surface area contributed by atoms with Crippen molar-refractivity contribution in [3.05, 3.63) is 0 Å². The molecule has 0 aromatic carbocycles. The lowest BCUT2D eigenvalue weighted by Crippen LogP contribution is -2.44. The van der Waals surface area contributed by atoms with Crippen LogP contribution in [-0.4, -0.2) is 66.8 Å². The van der Waals surface area contributed by atoms with Gasteiger partial charge in [-0.1, -0.05) is 6.92 Å². The topological polar surface area (TPSA) is 59.1 Å². The van der Waals surface area contributed by atoms with E-state index in [0.717, 1.165) is 19.5 Å². The zero-order valence-corrected chi connectivity index (χ0v) is 14.7. The molecule has 2 unspecified atom stereocenters. The highest BCUT2D eigenvalue weighted by atomic mass is 16.6. The molecule has 22 heavy (non-hydrogen) atoms. The zero-order chi connectivity index (χ0) is 16.9. The molecule has 2 atom stereocenters. The van der Waals surface area contributed by atoms with Crippen LogP contribution in [0.25, 0.3) is 0 Å². The van der Waals surface area contributed by atoms with Crippen molar-refractivity contribution in [2.24, 2.45) is 5.92 Å². The first-order valence-electron chi connectivity index (χ1n) is 7.95. The monoisotopic (exact) mass is 314 g/mol. The van der Waals surface area contributed by atoms with Crippen LogP contribution >= 0.6 is 0 Å². The molecule has 0 spiro atoms. The molecule has 0 aromatic rings. The van der Waals surface area contributed by atoms with Gasteiger partial charge in [-0.25, -0.2) is 4.79 Å². The van der Waals surface area contributed by atoms with Gasteiger partial charge in [0.25, 0.3) is 0 Å². The Morgan fingerprint density at radius 2 is 1.68 bits per heavy atom. The molecule has 1 heterocycles. The molecule has 0 N–H and O–H groups in total. The van der Waals surface area contributed by atoms with Gasteiger partial charge in [0, 0.05) is 32.2 Å². The van der Waals surface area contributed by atoms with Gasteiger partial charge in [-0.15, -0.1) is 0 Å². The van der Waals surface area contributed by atoms with Gasteiger partial charge in [-0.3, -0.25) is 9.69 Å². The molecule has 0 radical (unpaired) electrons. The number of ether oxygens (including phenoxy) is 2. The summed E-state index contributed by atoms with van der Waals surface area (Å²) in [5.74, 6) is -0.376. The molecule has 1 aliphatic heterocycles. The van der Waals surface area contributed by atoms with Gasteiger partial charge in [0.15, 0.2) is 0 Å². The number of amides is 1. The van der Waals surface area contributed by atoms with E-state index in [0.29, 0.717) is 13.1 Å². The molecule has 6 nitrogen and oxygen atoms in total. The minimum absolute atomic E-state index is 0.0889. The van der Waals surface area contributed by atoms with Gasteiger partial charge in [0.1, 0.15) is 5.60 Å². The molecule has 128 valence electrons. The zero-order valence-electron chi connectivity index (χ0n) is 14.7. The summed E-state index contributed by atoms with van der Waals surface area (Å²) in [4.78, 5) is 27.8. The number of nitrogens with zero attached hydrogens (tertiary/aromatic N) is 2. The Bertz CT molecular complexity index is 392. The average molecular weight is 314 g/mol. The highest BCUT2D eigenvalue weighted by Gasteiger charge is 2.29. The third-order valence-corrected chi connectivity index (χ3v) is 4.05. The molecule has 6 heteroatoms. The number of hydrogen-bond donors (Lipinski definition) is 0. The van der Waals surface area contributed by atoms with Crippen LogP contribution in [0.3, 0.4) is 0 Å². The van der Waals surface area contributed by atoms with Crippen molar-refractivity contribution in [3.63, 3.8) is 0 Å². The van der Waals surface area contributed by atoms with E-state index in [1.165, 1.54) is 7.11 Å². The number of esters is 1. The van der Waals surface area contributed by atoms with E-state index in [9.17, 15) is 9.59 Å². The van der Waals surface area contributed by atoms with Crippen LogP contribution in [0.15, 0.2) is 0 Å². The number of carbonyl (C=O) groups is 2. The van der Waals surface area contributed by atoms with Crippen molar-refractivity contribution in [3.8, 4) is 0 Å². The molecule has 0 bridgehead atoms. The molecule has 0 aliphatic carbocycles. The van der Waals surface area contributed by atoms with Gasteiger partial charge >= 0.3 is 12.1 Å². The predicted molar refractivity (Wildman–Crippen MR) is 84.6 cm³/mol. The molecule has 1 rings (SSSR count). The SMILES string of the molecule is COC(=O)C(C)C(C)N1CCCN(C(=O)OC(C)(C)C)CC1. The van der Waals surface area contributed by atoms with Crippen LogP contribution in [0.4, 0.5) is 4.79 Å². The summed E-state index contributed by atoms with van der Waals surface area (Å²) in [5.41, 5.74) is -0.476. The van der Waals surface area contributed by atoms with E-state index in [1.807, 2.05) is 34.6 Å². The number of methoxy groups -OCH3 is 1. The van der Waals surface area contributed by atoms with Crippen LogP contribution in [-0.2, 0) is 14.3 Å². The molecule has 0 saturated carbocycles. The van der Waals surface area contributed by atoms with Crippen molar-refractivity contribution in [1.29, 1.82) is 0 Å². The third-order valence-electron chi connectivity index (χ3n) is 4.05. The maximum atomic E-state index is 12.1. The third kappa shape index (κ3) is 5.48. The summed E-state index contributed by atoms with van der Waals surface area (Å²) in [7, 11) is 1.41. The maximum absolute atomic E-state index is 12.1. The first-order valence-corrected chi connectivity index (χ1v) is 7.95. The first-order chi connectivity index (χ1) is 10.2. The highest BCUT2D eigenvalue weighted by molar-refractivity contribution is 5.72. The van der Waals surface area contributed by atoms with E-state index < -0.39 is 5.60 Å². The van der Waals surface area contributed by atoms with Crippen molar-refractivity contribution < 1.29 is 19.1 Å². The van der Waals surface area contributed by atoms with E-state index in [1.54, 1.807) is 4.90 Å². The van der Waals surface area contributed by atoms with E-state index in [4.69, 9.17) is 9.47 Å². The summed E-state index contributed by atoms with van der Waals surface area (Å²) in [5, 5.41) is 0. The second-order valence-electron chi connectivity index (χ2n) is 6.91. The van der Waals surface area contributed by atoms with Gasteiger partial charge in [0.2, 0.25) is 0 Å². The molecule has 1 aliphatic rings. The molecule has 0 aromatic heterocycles. The van der Waals surface area contributed by atoms with E-state index in [2.05, 4.69) is 4.90 Å². The first kappa shape index (κ1) is 18.7. The number of rotatable bonds is 3. The second kappa shape index (κ2) is 7.81. The maximum Gasteiger partial charge on any atom is 0.410 e. The Kier molecular flexibility index (Phi) is 6.66.